The molecule has 3 rings (SSSR count). The number of benzene rings is 1. The number of amides is 2. The predicted octanol–water partition coefficient (Wildman–Crippen LogP) is 3.58. The molecule has 5 heteroatoms. The number of carbonyl (C=O) groups excluding carboxylic acids is 1. The third kappa shape index (κ3) is 4.04. The highest BCUT2D eigenvalue weighted by Crippen LogP contribution is 2.26. The lowest BCUT2D eigenvalue weighted by Gasteiger charge is -2.19. The average molecular weight is 325 g/mol. The van der Waals surface area contributed by atoms with Crippen LogP contribution >= 0.6 is 0 Å². The highest BCUT2D eigenvalue weighted by molar-refractivity contribution is 5.91. The smallest absolute Gasteiger partial charge is 0.321 e. The van der Waals surface area contributed by atoms with Gasteiger partial charge in [0.05, 0.1) is 12.3 Å². The number of aromatic nitrogens is 1. The summed E-state index contributed by atoms with van der Waals surface area (Å²) in [6, 6.07) is 11.5. The standard InChI is InChI=1S/C19H23N3O2/c1-2-24-18-8-4-3-7-17(18)21-19(23)22-11-9-16(14-22)12-15-6-5-10-20-13-15/h3-8,10,13,16H,2,9,11-12,14H2,1H3,(H,21,23). The molecule has 0 bridgehead atoms. The number of hydrogen-bond acceptors (Lipinski definition) is 3. The van der Waals surface area contributed by atoms with Crippen LogP contribution in [0.25, 0.3) is 0 Å². The molecular weight excluding hydrogens is 302 g/mol. The monoisotopic (exact) mass is 325 g/mol. The van der Waals surface area contributed by atoms with Gasteiger partial charge in [-0.3, -0.25) is 4.98 Å². The highest BCUT2D eigenvalue weighted by atomic mass is 16.5. The van der Waals surface area contributed by atoms with Crippen molar-refractivity contribution in [2.24, 2.45) is 5.92 Å². The second-order valence-corrected chi connectivity index (χ2v) is 6.03. The third-order valence-electron chi connectivity index (χ3n) is 4.25. The summed E-state index contributed by atoms with van der Waals surface area (Å²) in [4.78, 5) is 18.6. The molecule has 2 heterocycles. The number of rotatable bonds is 5. The molecular formula is C19H23N3O2. The Morgan fingerprint density at radius 1 is 1.33 bits per heavy atom. The molecule has 126 valence electrons. The van der Waals surface area contributed by atoms with Gasteiger partial charge in [-0.05, 0) is 49.4 Å². The average Bonchev–Trinajstić information content (AvgIpc) is 3.06. The minimum Gasteiger partial charge on any atom is -0.492 e. The van der Waals surface area contributed by atoms with Crippen molar-refractivity contribution < 1.29 is 9.53 Å². The number of nitrogens with one attached hydrogen (secondary N) is 1. The van der Waals surface area contributed by atoms with E-state index in [-0.39, 0.29) is 6.03 Å². The van der Waals surface area contributed by atoms with Crippen molar-refractivity contribution in [3.05, 3.63) is 54.4 Å². The molecule has 1 atom stereocenters. The van der Waals surface area contributed by atoms with Gasteiger partial charge in [0.15, 0.2) is 0 Å². The second kappa shape index (κ2) is 7.81. The van der Waals surface area contributed by atoms with Gasteiger partial charge in [0.25, 0.3) is 0 Å². The zero-order valence-corrected chi connectivity index (χ0v) is 13.9. The molecule has 24 heavy (non-hydrogen) atoms. The van der Waals surface area contributed by atoms with Crippen LogP contribution in [0.4, 0.5) is 10.5 Å². The summed E-state index contributed by atoms with van der Waals surface area (Å²) in [5.41, 5.74) is 1.95. The van der Waals surface area contributed by atoms with Crippen molar-refractivity contribution in [3.8, 4) is 5.75 Å². The third-order valence-corrected chi connectivity index (χ3v) is 4.25. The van der Waals surface area contributed by atoms with E-state index in [0.717, 1.165) is 31.6 Å². The number of para-hydroxylation sites is 2. The Kier molecular flexibility index (Phi) is 5.31. The zero-order valence-electron chi connectivity index (χ0n) is 13.9. The molecule has 1 saturated heterocycles. The first-order valence-electron chi connectivity index (χ1n) is 8.43. The Morgan fingerprint density at radius 3 is 3.00 bits per heavy atom. The number of hydrogen-bond donors (Lipinski definition) is 1. The molecule has 1 aliphatic rings. The zero-order chi connectivity index (χ0) is 16.8. The lowest BCUT2D eigenvalue weighted by Crippen LogP contribution is -2.33. The van der Waals surface area contributed by atoms with Gasteiger partial charge in [-0.2, -0.15) is 0 Å². The summed E-state index contributed by atoms with van der Waals surface area (Å²) in [5, 5.41) is 2.97. The Morgan fingerprint density at radius 2 is 2.21 bits per heavy atom. The molecule has 0 saturated carbocycles. The molecule has 1 fully saturated rings. The molecule has 0 radical (unpaired) electrons. The molecule has 1 aliphatic heterocycles. The molecule has 1 aromatic carbocycles. The van der Waals surface area contributed by atoms with Crippen LogP contribution in [0.1, 0.15) is 18.9 Å². The largest absolute Gasteiger partial charge is 0.492 e. The fourth-order valence-electron chi connectivity index (χ4n) is 3.08. The molecule has 1 aromatic heterocycles. The highest BCUT2D eigenvalue weighted by Gasteiger charge is 2.26. The molecule has 1 N–H and O–H groups in total. The maximum atomic E-state index is 12.5. The summed E-state index contributed by atoms with van der Waals surface area (Å²) in [5.74, 6) is 1.20. The number of likely N-dealkylation sites (tertiary alicyclic amines) is 1. The van der Waals surface area contributed by atoms with Crippen LogP contribution < -0.4 is 10.1 Å². The summed E-state index contributed by atoms with van der Waals surface area (Å²) in [6.45, 7) is 4.07. The number of ether oxygens (including phenoxy) is 1. The maximum absolute atomic E-state index is 12.5. The Hall–Kier alpha value is -2.56. The SMILES string of the molecule is CCOc1ccccc1NC(=O)N1CCC(Cc2cccnc2)C1. The molecule has 0 spiro atoms. The van der Waals surface area contributed by atoms with Crippen molar-refractivity contribution in [2.75, 3.05) is 25.0 Å². The molecule has 5 nitrogen and oxygen atoms in total. The van der Waals surface area contributed by atoms with Crippen LogP contribution in [-0.2, 0) is 6.42 Å². The van der Waals surface area contributed by atoms with E-state index in [1.807, 2.05) is 48.4 Å². The van der Waals surface area contributed by atoms with E-state index in [1.54, 1.807) is 6.20 Å². The van der Waals surface area contributed by atoms with E-state index in [1.165, 1.54) is 5.56 Å². The van der Waals surface area contributed by atoms with Crippen molar-refractivity contribution in [2.45, 2.75) is 19.8 Å². The minimum atomic E-state index is -0.0594. The van der Waals surface area contributed by atoms with Crippen molar-refractivity contribution in [1.82, 2.24) is 9.88 Å². The number of pyridine rings is 1. The Bertz CT molecular complexity index is 675. The lowest BCUT2D eigenvalue weighted by molar-refractivity contribution is 0.220. The summed E-state index contributed by atoms with van der Waals surface area (Å²) < 4.78 is 5.56. The molecule has 1 unspecified atom stereocenters. The van der Waals surface area contributed by atoms with E-state index in [0.29, 0.717) is 18.3 Å². The fourth-order valence-corrected chi connectivity index (χ4v) is 3.08. The van der Waals surface area contributed by atoms with Gasteiger partial charge in [0.2, 0.25) is 0 Å². The van der Waals surface area contributed by atoms with Gasteiger partial charge < -0.3 is 15.0 Å². The summed E-state index contributed by atoms with van der Waals surface area (Å²) >= 11 is 0. The van der Waals surface area contributed by atoms with Crippen molar-refractivity contribution >= 4 is 11.7 Å². The lowest BCUT2D eigenvalue weighted by atomic mass is 10.0. The maximum Gasteiger partial charge on any atom is 0.321 e. The minimum absolute atomic E-state index is 0.0594. The van der Waals surface area contributed by atoms with Gasteiger partial charge in [0, 0.05) is 25.5 Å². The molecule has 2 amide bonds. The van der Waals surface area contributed by atoms with E-state index in [4.69, 9.17) is 4.74 Å². The van der Waals surface area contributed by atoms with Crippen molar-refractivity contribution in [3.63, 3.8) is 0 Å². The Labute approximate surface area is 142 Å². The van der Waals surface area contributed by atoms with E-state index >= 15 is 0 Å². The van der Waals surface area contributed by atoms with Crippen LogP contribution in [0.15, 0.2) is 48.8 Å². The number of anilines is 1. The molecule has 0 aliphatic carbocycles. The first kappa shape index (κ1) is 16.3. The first-order valence-corrected chi connectivity index (χ1v) is 8.43. The van der Waals surface area contributed by atoms with Crippen LogP contribution in [-0.4, -0.2) is 35.6 Å². The fraction of sp³-hybridized carbons (Fsp3) is 0.368. The topological polar surface area (TPSA) is 54.5 Å². The number of urea groups is 1. The summed E-state index contributed by atoms with van der Waals surface area (Å²) in [6.07, 6.45) is 5.68. The van der Waals surface area contributed by atoms with E-state index < -0.39 is 0 Å². The normalized spacial score (nSPS) is 16.9. The number of nitrogens with zero attached hydrogens (tertiary/aromatic N) is 2. The van der Waals surface area contributed by atoms with Crippen LogP contribution in [0, 0.1) is 5.92 Å². The van der Waals surface area contributed by atoms with Crippen LogP contribution in [0.3, 0.4) is 0 Å². The van der Waals surface area contributed by atoms with Gasteiger partial charge in [0.1, 0.15) is 5.75 Å². The van der Waals surface area contributed by atoms with E-state index in [9.17, 15) is 4.79 Å². The summed E-state index contributed by atoms with van der Waals surface area (Å²) in [7, 11) is 0. The second-order valence-electron chi connectivity index (χ2n) is 6.03. The van der Waals surface area contributed by atoms with Gasteiger partial charge in [-0.1, -0.05) is 18.2 Å². The number of carbonyl (C=O) groups is 1. The van der Waals surface area contributed by atoms with Crippen molar-refractivity contribution in [1.29, 1.82) is 0 Å². The predicted molar refractivity (Wildman–Crippen MR) is 94.3 cm³/mol. The van der Waals surface area contributed by atoms with Crippen LogP contribution in [0.5, 0.6) is 5.75 Å². The van der Waals surface area contributed by atoms with Crippen LogP contribution in [0.2, 0.25) is 0 Å². The Balaban J connectivity index is 1.57. The van der Waals surface area contributed by atoms with E-state index in [2.05, 4.69) is 16.4 Å². The first-order chi connectivity index (χ1) is 11.8. The quantitative estimate of drug-likeness (QED) is 0.914. The van der Waals surface area contributed by atoms with Gasteiger partial charge in [-0.25, -0.2) is 4.79 Å². The van der Waals surface area contributed by atoms with Gasteiger partial charge >= 0.3 is 6.03 Å². The van der Waals surface area contributed by atoms with Gasteiger partial charge in [-0.15, -0.1) is 0 Å². The molecule has 2 aromatic rings.